The summed E-state index contributed by atoms with van der Waals surface area (Å²) in [6.07, 6.45) is 0. The van der Waals surface area contributed by atoms with E-state index in [1.807, 2.05) is 36.4 Å². The largest absolute Gasteiger partial charge is 0.490 e. The maximum Gasteiger partial charge on any atom is 0.490 e. The predicted molar refractivity (Wildman–Crippen MR) is 125 cm³/mol. The average Bonchev–Trinajstić information content (AvgIpc) is 2.61. The first-order chi connectivity index (χ1) is 13.3. The second-order valence-corrected chi connectivity index (χ2v) is 12.1. The molecule has 0 aromatic heterocycles. The van der Waals surface area contributed by atoms with Crippen LogP contribution in [-0.2, 0) is 11.8 Å². The Labute approximate surface area is 198 Å². The van der Waals surface area contributed by atoms with Crippen LogP contribution in [0.4, 0.5) is 0 Å². The van der Waals surface area contributed by atoms with E-state index in [9.17, 15) is 0 Å². The molecular formula is C18H9Br2Cl2O3PS2. The highest BCUT2D eigenvalue weighted by atomic mass is 79.9. The lowest BCUT2D eigenvalue weighted by Crippen LogP contribution is -2.10. The summed E-state index contributed by atoms with van der Waals surface area (Å²) >= 11 is 26.5. The molecule has 1 heterocycles. The van der Waals surface area contributed by atoms with Crippen molar-refractivity contribution in [3.63, 3.8) is 0 Å². The molecule has 0 unspecified atom stereocenters. The zero-order chi connectivity index (χ0) is 19.9. The molecule has 0 atom stereocenters. The Morgan fingerprint density at radius 2 is 1.43 bits per heavy atom. The van der Waals surface area contributed by atoms with Gasteiger partial charge in [0.15, 0.2) is 0 Å². The molecule has 0 fully saturated rings. The molecular weight excluding hydrogens is 590 g/mol. The molecule has 10 heteroatoms. The topological polar surface area (TPSA) is 27.7 Å². The van der Waals surface area contributed by atoms with Gasteiger partial charge < -0.3 is 13.6 Å². The van der Waals surface area contributed by atoms with Crippen molar-refractivity contribution in [3.05, 3.63) is 73.6 Å². The van der Waals surface area contributed by atoms with Crippen molar-refractivity contribution in [1.29, 1.82) is 0 Å². The fourth-order valence-corrected chi connectivity index (χ4v) is 7.07. The quantitative estimate of drug-likeness (QED) is 0.275. The van der Waals surface area contributed by atoms with E-state index in [1.165, 1.54) is 11.8 Å². The summed E-state index contributed by atoms with van der Waals surface area (Å²) in [6, 6.07) is 16.2. The molecule has 1 aliphatic heterocycles. The summed E-state index contributed by atoms with van der Waals surface area (Å²) in [6.45, 7) is -3.28. The third-order valence-corrected chi connectivity index (χ3v) is 8.08. The van der Waals surface area contributed by atoms with Gasteiger partial charge in [-0.2, -0.15) is 0 Å². The molecule has 3 aromatic carbocycles. The maximum atomic E-state index is 6.26. The monoisotopic (exact) mass is 596 g/mol. The van der Waals surface area contributed by atoms with Crippen LogP contribution in [0, 0.1) is 0 Å². The first-order valence-electron chi connectivity index (χ1n) is 7.72. The molecule has 0 N–H and O–H groups in total. The molecule has 0 spiro atoms. The Kier molecular flexibility index (Phi) is 6.24. The molecule has 4 rings (SSSR count). The van der Waals surface area contributed by atoms with Crippen molar-refractivity contribution >= 4 is 85.3 Å². The Balaban J connectivity index is 1.82. The van der Waals surface area contributed by atoms with Gasteiger partial charge in [0.05, 0.1) is 14.8 Å². The molecule has 0 saturated heterocycles. The number of hydrogen-bond donors (Lipinski definition) is 0. The van der Waals surface area contributed by atoms with E-state index in [2.05, 4.69) is 31.9 Å². The Morgan fingerprint density at radius 1 is 0.857 bits per heavy atom. The smallest absolute Gasteiger partial charge is 0.406 e. The van der Waals surface area contributed by atoms with E-state index in [-0.39, 0.29) is 0 Å². The van der Waals surface area contributed by atoms with E-state index in [1.54, 1.807) is 18.2 Å². The summed E-state index contributed by atoms with van der Waals surface area (Å²) in [5.41, 5.74) is 0. The normalized spacial score (nSPS) is 14.6. The summed E-state index contributed by atoms with van der Waals surface area (Å²) in [5, 5.41) is 0.822. The highest BCUT2D eigenvalue weighted by molar-refractivity contribution is 9.10. The maximum absolute atomic E-state index is 6.26. The highest BCUT2D eigenvalue weighted by Crippen LogP contribution is 2.57. The van der Waals surface area contributed by atoms with E-state index in [0.29, 0.717) is 27.3 Å². The van der Waals surface area contributed by atoms with Crippen molar-refractivity contribution in [2.24, 2.45) is 0 Å². The third kappa shape index (κ3) is 4.67. The van der Waals surface area contributed by atoms with Gasteiger partial charge in [0.25, 0.3) is 0 Å². The van der Waals surface area contributed by atoms with Crippen LogP contribution in [0.1, 0.15) is 0 Å². The van der Waals surface area contributed by atoms with Crippen LogP contribution in [0.2, 0.25) is 10.0 Å². The first-order valence-corrected chi connectivity index (χ1v) is 13.4. The van der Waals surface area contributed by atoms with Gasteiger partial charge in [-0.15, -0.1) is 0 Å². The lowest BCUT2D eigenvalue weighted by Gasteiger charge is -2.27. The number of rotatable bonds is 2. The number of fused-ring (bicyclic) bond motifs is 2. The summed E-state index contributed by atoms with van der Waals surface area (Å²) in [4.78, 5) is 1.77. The van der Waals surface area contributed by atoms with Crippen LogP contribution in [0.25, 0.3) is 0 Å². The van der Waals surface area contributed by atoms with E-state index >= 15 is 0 Å². The Hall–Kier alpha value is -0.400. The zero-order valence-electron chi connectivity index (χ0n) is 13.7. The highest BCUT2D eigenvalue weighted by Gasteiger charge is 2.32. The molecule has 144 valence electrons. The minimum atomic E-state index is -3.28. The predicted octanol–water partition coefficient (Wildman–Crippen LogP) is 8.74. The minimum Gasteiger partial charge on any atom is -0.406 e. The SMILES string of the molecule is S=P1(Oc2ccc(Cl)cc2Cl)Oc2ccc(Br)cc2Sc2cc(Br)ccc2O1. The van der Waals surface area contributed by atoms with E-state index in [0.717, 1.165) is 18.7 Å². The standard InChI is InChI=1S/C18H9Br2Cl2O3PS2/c19-10-1-4-15-17(7-10)28-18-8-11(20)2-5-16(18)25-26(27,24-15)23-14-6-3-12(21)9-13(14)22/h1-9H. The van der Waals surface area contributed by atoms with E-state index in [4.69, 9.17) is 48.6 Å². The number of hydrogen-bond acceptors (Lipinski definition) is 5. The first kappa shape index (κ1) is 20.9. The van der Waals surface area contributed by atoms with Crippen LogP contribution in [0.15, 0.2) is 73.3 Å². The van der Waals surface area contributed by atoms with Crippen molar-refractivity contribution in [3.8, 4) is 17.2 Å². The van der Waals surface area contributed by atoms with Gasteiger partial charge in [-0.05, 0) is 54.6 Å². The molecule has 3 aromatic rings. The lowest BCUT2D eigenvalue weighted by molar-refractivity contribution is 0.375. The number of benzene rings is 3. The van der Waals surface area contributed by atoms with E-state index < -0.39 is 6.72 Å². The Morgan fingerprint density at radius 3 is 1.96 bits per heavy atom. The van der Waals surface area contributed by atoms with Crippen molar-refractivity contribution < 1.29 is 13.6 Å². The van der Waals surface area contributed by atoms with Gasteiger partial charge in [-0.25, -0.2) is 0 Å². The fraction of sp³-hybridized carbons (Fsp3) is 0. The zero-order valence-corrected chi connectivity index (χ0v) is 20.9. The fourth-order valence-electron chi connectivity index (χ4n) is 2.36. The van der Waals surface area contributed by atoms with Crippen LogP contribution >= 0.6 is 73.5 Å². The lowest BCUT2D eigenvalue weighted by atomic mass is 10.3. The van der Waals surface area contributed by atoms with Gasteiger partial charge in [0.1, 0.15) is 17.2 Å². The summed E-state index contributed by atoms with van der Waals surface area (Å²) < 4.78 is 20.0. The minimum absolute atomic E-state index is 0.326. The molecule has 0 bridgehead atoms. The second kappa shape index (κ2) is 8.38. The van der Waals surface area contributed by atoms with Crippen molar-refractivity contribution in [1.82, 2.24) is 0 Å². The third-order valence-electron chi connectivity index (χ3n) is 3.56. The summed E-state index contributed by atoms with van der Waals surface area (Å²) in [7, 11) is 0. The van der Waals surface area contributed by atoms with Crippen LogP contribution < -0.4 is 13.6 Å². The molecule has 0 amide bonds. The van der Waals surface area contributed by atoms with Gasteiger partial charge in [-0.3, -0.25) is 0 Å². The van der Waals surface area contributed by atoms with Crippen LogP contribution in [0.5, 0.6) is 17.2 Å². The Bertz CT molecular complexity index is 1060. The number of halogens is 4. The van der Waals surface area contributed by atoms with Gasteiger partial charge in [0, 0.05) is 25.8 Å². The molecule has 1 aliphatic rings. The molecule has 0 radical (unpaired) electrons. The van der Waals surface area contributed by atoms with Crippen molar-refractivity contribution in [2.45, 2.75) is 9.79 Å². The van der Waals surface area contributed by atoms with Crippen molar-refractivity contribution in [2.75, 3.05) is 0 Å². The van der Waals surface area contributed by atoms with Crippen LogP contribution in [-0.4, -0.2) is 0 Å². The molecule has 0 aliphatic carbocycles. The molecule has 0 saturated carbocycles. The van der Waals surface area contributed by atoms with Crippen LogP contribution in [0.3, 0.4) is 0 Å². The molecule has 3 nitrogen and oxygen atoms in total. The molecule has 28 heavy (non-hydrogen) atoms. The van der Waals surface area contributed by atoms with Gasteiger partial charge in [-0.1, -0.05) is 66.8 Å². The summed E-state index contributed by atoms with van der Waals surface area (Å²) in [5.74, 6) is 1.50. The second-order valence-electron chi connectivity index (χ2n) is 5.58. The van der Waals surface area contributed by atoms with Gasteiger partial charge in [0.2, 0.25) is 0 Å². The van der Waals surface area contributed by atoms with Gasteiger partial charge >= 0.3 is 6.72 Å². The average molecular weight is 599 g/mol.